The molecule has 3 aromatic carbocycles. The first-order chi connectivity index (χ1) is 14.5. The molecule has 3 aromatic rings. The van der Waals surface area contributed by atoms with Crippen LogP contribution in [0.5, 0.6) is 5.75 Å². The van der Waals surface area contributed by atoms with Crippen LogP contribution in [0.15, 0.2) is 76.8 Å². The van der Waals surface area contributed by atoms with E-state index in [9.17, 15) is 10.1 Å². The molecule has 5 heteroatoms. The van der Waals surface area contributed by atoms with Gasteiger partial charge in [0.05, 0.1) is 0 Å². The fourth-order valence-electron chi connectivity index (χ4n) is 2.83. The summed E-state index contributed by atoms with van der Waals surface area (Å²) in [6.45, 7) is 4.36. The molecule has 0 heterocycles. The van der Waals surface area contributed by atoms with Crippen molar-refractivity contribution >= 4 is 33.6 Å². The molecule has 1 amide bonds. The SMILES string of the molecule is Cc1cccc(NC(=O)/C(C#N)=C/c2ccc(OCc3ccccc3Br)cc2)c1C. The van der Waals surface area contributed by atoms with Crippen molar-refractivity contribution in [3.05, 3.63) is 99.0 Å². The molecule has 0 unspecified atom stereocenters. The Morgan fingerprint density at radius 1 is 1.07 bits per heavy atom. The third kappa shape index (κ3) is 5.37. The number of rotatable bonds is 6. The van der Waals surface area contributed by atoms with Gasteiger partial charge in [0.1, 0.15) is 24.0 Å². The van der Waals surface area contributed by atoms with E-state index in [1.165, 1.54) is 0 Å². The molecule has 0 radical (unpaired) electrons. The summed E-state index contributed by atoms with van der Waals surface area (Å²) in [5.41, 5.74) is 4.60. The molecule has 0 saturated heterocycles. The third-order valence-electron chi connectivity index (χ3n) is 4.76. The second kappa shape index (κ2) is 9.91. The van der Waals surface area contributed by atoms with Crippen molar-refractivity contribution in [1.82, 2.24) is 0 Å². The minimum Gasteiger partial charge on any atom is -0.489 e. The fraction of sp³-hybridized carbons (Fsp3) is 0.120. The van der Waals surface area contributed by atoms with Crippen LogP contribution < -0.4 is 10.1 Å². The highest BCUT2D eigenvalue weighted by Crippen LogP contribution is 2.21. The summed E-state index contributed by atoms with van der Waals surface area (Å²) in [7, 11) is 0. The average molecular weight is 461 g/mol. The number of carbonyl (C=O) groups is 1. The summed E-state index contributed by atoms with van der Waals surface area (Å²) in [4.78, 5) is 12.5. The number of benzene rings is 3. The van der Waals surface area contributed by atoms with Crippen molar-refractivity contribution in [3.63, 3.8) is 0 Å². The highest BCUT2D eigenvalue weighted by atomic mass is 79.9. The summed E-state index contributed by atoms with van der Waals surface area (Å²) < 4.78 is 6.81. The molecule has 0 aliphatic carbocycles. The number of hydrogen-bond acceptors (Lipinski definition) is 3. The van der Waals surface area contributed by atoms with Crippen LogP contribution in [0, 0.1) is 25.2 Å². The summed E-state index contributed by atoms with van der Waals surface area (Å²) in [6, 6.07) is 22.8. The zero-order valence-corrected chi connectivity index (χ0v) is 18.4. The van der Waals surface area contributed by atoms with Crippen LogP contribution in [0.3, 0.4) is 0 Å². The van der Waals surface area contributed by atoms with Gasteiger partial charge in [0, 0.05) is 15.7 Å². The second-order valence-corrected chi connectivity index (χ2v) is 7.67. The summed E-state index contributed by atoms with van der Waals surface area (Å²) >= 11 is 3.51. The van der Waals surface area contributed by atoms with Gasteiger partial charge in [-0.3, -0.25) is 4.79 Å². The number of ether oxygens (including phenoxy) is 1. The van der Waals surface area contributed by atoms with E-state index < -0.39 is 5.91 Å². The predicted molar refractivity (Wildman–Crippen MR) is 123 cm³/mol. The average Bonchev–Trinajstić information content (AvgIpc) is 2.75. The molecular weight excluding hydrogens is 440 g/mol. The normalized spacial score (nSPS) is 10.9. The van der Waals surface area contributed by atoms with Gasteiger partial charge in [-0.05, 0) is 60.9 Å². The van der Waals surface area contributed by atoms with Crippen molar-refractivity contribution in [2.45, 2.75) is 20.5 Å². The Hall–Kier alpha value is -3.36. The Morgan fingerprint density at radius 3 is 2.50 bits per heavy atom. The highest BCUT2D eigenvalue weighted by Gasteiger charge is 2.11. The zero-order chi connectivity index (χ0) is 21.5. The van der Waals surface area contributed by atoms with E-state index in [2.05, 4.69) is 21.2 Å². The van der Waals surface area contributed by atoms with Gasteiger partial charge >= 0.3 is 0 Å². The van der Waals surface area contributed by atoms with E-state index >= 15 is 0 Å². The van der Waals surface area contributed by atoms with Crippen molar-refractivity contribution in [2.75, 3.05) is 5.32 Å². The van der Waals surface area contributed by atoms with Crippen molar-refractivity contribution in [2.24, 2.45) is 0 Å². The molecule has 0 aliphatic rings. The highest BCUT2D eigenvalue weighted by molar-refractivity contribution is 9.10. The summed E-state index contributed by atoms with van der Waals surface area (Å²) in [6.07, 6.45) is 1.57. The monoisotopic (exact) mass is 460 g/mol. The minimum atomic E-state index is -0.430. The first-order valence-electron chi connectivity index (χ1n) is 9.43. The number of nitrogens with zero attached hydrogens (tertiary/aromatic N) is 1. The third-order valence-corrected chi connectivity index (χ3v) is 5.53. The van der Waals surface area contributed by atoms with E-state index in [1.54, 1.807) is 6.08 Å². The molecule has 0 atom stereocenters. The number of carbonyl (C=O) groups excluding carboxylic acids is 1. The Labute approximate surface area is 184 Å². The number of nitrogens with one attached hydrogen (secondary N) is 1. The lowest BCUT2D eigenvalue weighted by Crippen LogP contribution is -2.14. The topological polar surface area (TPSA) is 62.1 Å². The van der Waals surface area contributed by atoms with Gasteiger partial charge in [-0.1, -0.05) is 58.4 Å². The lowest BCUT2D eigenvalue weighted by molar-refractivity contribution is -0.112. The maximum absolute atomic E-state index is 12.5. The molecule has 30 heavy (non-hydrogen) atoms. The largest absolute Gasteiger partial charge is 0.489 e. The molecule has 0 saturated carbocycles. The van der Waals surface area contributed by atoms with Gasteiger partial charge in [0.2, 0.25) is 0 Å². The predicted octanol–water partition coefficient (Wildman–Crippen LogP) is 6.19. The van der Waals surface area contributed by atoms with Gasteiger partial charge < -0.3 is 10.1 Å². The smallest absolute Gasteiger partial charge is 0.266 e. The maximum atomic E-state index is 12.5. The van der Waals surface area contributed by atoms with Crippen LogP contribution in [-0.4, -0.2) is 5.91 Å². The van der Waals surface area contributed by atoms with Crippen molar-refractivity contribution < 1.29 is 9.53 Å². The molecule has 0 aromatic heterocycles. The number of halogens is 1. The zero-order valence-electron chi connectivity index (χ0n) is 16.8. The maximum Gasteiger partial charge on any atom is 0.266 e. The molecule has 3 rings (SSSR count). The van der Waals surface area contributed by atoms with Gasteiger partial charge in [-0.25, -0.2) is 0 Å². The molecule has 4 nitrogen and oxygen atoms in total. The van der Waals surface area contributed by atoms with Gasteiger partial charge in [-0.2, -0.15) is 5.26 Å². The second-order valence-electron chi connectivity index (χ2n) is 6.82. The molecule has 1 N–H and O–H groups in total. The van der Waals surface area contributed by atoms with Crippen molar-refractivity contribution in [1.29, 1.82) is 5.26 Å². The van der Waals surface area contributed by atoms with Crippen LogP contribution in [0.1, 0.15) is 22.3 Å². The van der Waals surface area contributed by atoms with E-state index in [4.69, 9.17) is 4.74 Å². The number of hydrogen-bond donors (Lipinski definition) is 1. The molecular formula is C25H21BrN2O2. The quantitative estimate of drug-likeness (QED) is 0.352. The van der Waals surface area contributed by atoms with Crippen LogP contribution >= 0.6 is 15.9 Å². The first-order valence-corrected chi connectivity index (χ1v) is 10.2. The van der Waals surface area contributed by atoms with Crippen LogP contribution in [0.4, 0.5) is 5.69 Å². The van der Waals surface area contributed by atoms with E-state index in [0.717, 1.165) is 26.7 Å². The van der Waals surface area contributed by atoms with Gasteiger partial charge in [0.15, 0.2) is 0 Å². The molecule has 150 valence electrons. The molecule has 0 spiro atoms. The van der Waals surface area contributed by atoms with E-state index in [-0.39, 0.29) is 5.57 Å². The van der Waals surface area contributed by atoms with Gasteiger partial charge in [-0.15, -0.1) is 0 Å². The van der Waals surface area contributed by atoms with Crippen LogP contribution in [-0.2, 0) is 11.4 Å². The van der Waals surface area contributed by atoms with Crippen molar-refractivity contribution in [3.8, 4) is 11.8 Å². The summed E-state index contributed by atoms with van der Waals surface area (Å²) in [5.74, 6) is 0.279. The lowest BCUT2D eigenvalue weighted by atomic mass is 10.1. The Kier molecular flexibility index (Phi) is 7.05. The van der Waals surface area contributed by atoms with E-state index in [0.29, 0.717) is 18.0 Å². The first kappa shape index (κ1) is 21.4. The number of nitriles is 1. The van der Waals surface area contributed by atoms with Crippen LogP contribution in [0.25, 0.3) is 6.08 Å². The lowest BCUT2D eigenvalue weighted by Gasteiger charge is -2.10. The Morgan fingerprint density at radius 2 is 1.80 bits per heavy atom. The van der Waals surface area contributed by atoms with Crippen LogP contribution in [0.2, 0.25) is 0 Å². The summed E-state index contributed by atoms with van der Waals surface area (Å²) in [5, 5.41) is 12.3. The molecule has 0 bridgehead atoms. The Bertz CT molecular complexity index is 1130. The standard InChI is InChI=1S/C25H21BrN2O2/c1-17-6-5-9-24(18(17)2)28-25(29)21(15-27)14-19-10-12-22(13-11-19)30-16-20-7-3-4-8-23(20)26/h3-14H,16H2,1-2H3,(H,28,29)/b21-14+. The number of amides is 1. The van der Waals surface area contributed by atoms with E-state index in [1.807, 2.05) is 86.6 Å². The fourth-order valence-corrected chi connectivity index (χ4v) is 3.23. The Balaban J connectivity index is 1.68. The number of aryl methyl sites for hydroxylation is 1. The van der Waals surface area contributed by atoms with Gasteiger partial charge in [0.25, 0.3) is 5.91 Å². The molecule has 0 fully saturated rings. The number of anilines is 1. The molecule has 0 aliphatic heterocycles. The minimum absolute atomic E-state index is 0.0396.